The lowest BCUT2D eigenvalue weighted by Gasteiger charge is -2.34. The SMILES string of the molecule is NC1CCN(C(=O)N2CCC(CC(=O)O)CC2)C1. The molecule has 0 spiro atoms. The van der Waals surface area contributed by atoms with Crippen LogP contribution >= 0.6 is 0 Å². The number of carboxylic acids is 1. The highest BCUT2D eigenvalue weighted by Crippen LogP contribution is 2.22. The van der Waals surface area contributed by atoms with Crippen LogP contribution in [0.25, 0.3) is 0 Å². The highest BCUT2D eigenvalue weighted by molar-refractivity contribution is 5.75. The lowest BCUT2D eigenvalue weighted by molar-refractivity contribution is -0.138. The average molecular weight is 255 g/mol. The van der Waals surface area contributed by atoms with Crippen molar-refractivity contribution in [2.75, 3.05) is 26.2 Å². The molecular weight excluding hydrogens is 234 g/mol. The molecule has 0 radical (unpaired) electrons. The van der Waals surface area contributed by atoms with Crippen LogP contribution in [0.5, 0.6) is 0 Å². The zero-order chi connectivity index (χ0) is 13.1. The van der Waals surface area contributed by atoms with Crippen molar-refractivity contribution in [3.63, 3.8) is 0 Å². The van der Waals surface area contributed by atoms with Gasteiger partial charge in [0.15, 0.2) is 0 Å². The van der Waals surface area contributed by atoms with Gasteiger partial charge in [0, 0.05) is 38.6 Å². The molecule has 1 atom stereocenters. The summed E-state index contributed by atoms with van der Waals surface area (Å²) in [5.41, 5.74) is 5.79. The number of urea groups is 1. The smallest absolute Gasteiger partial charge is 0.320 e. The van der Waals surface area contributed by atoms with E-state index in [9.17, 15) is 9.59 Å². The largest absolute Gasteiger partial charge is 0.481 e. The normalized spacial score (nSPS) is 25.5. The number of likely N-dealkylation sites (tertiary alicyclic amines) is 2. The van der Waals surface area contributed by atoms with Gasteiger partial charge in [-0.25, -0.2) is 4.79 Å². The zero-order valence-electron chi connectivity index (χ0n) is 10.5. The monoisotopic (exact) mass is 255 g/mol. The van der Waals surface area contributed by atoms with E-state index in [1.165, 1.54) is 0 Å². The predicted octanol–water partition coefficient (Wildman–Crippen LogP) is 0.326. The Bertz CT molecular complexity index is 327. The molecule has 0 aromatic rings. The zero-order valence-corrected chi connectivity index (χ0v) is 10.5. The molecule has 0 aliphatic carbocycles. The van der Waals surface area contributed by atoms with Crippen molar-refractivity contribution in [2.45, 2.75) is 31.7 Å². The quantitative estimate of drug-likeness (QED) is 0.744. The maximum absolute atomic E-state index is 12.2. The molecule has 3 N–H and O–H groups in total. The first-order chi connectivity index (χ1) is 8.56. The molecule has 2 heterocycles. The molecule has 102 valence electrons. The molecule has 2 fully saturated rings. The van der Waals surface area contributed by atoms with E-state index in [0.29, 0.717) is 19.6 Å². The van der Waals surface area contributed by atoms with Crippen LogP contribution in [0.1, 0.15) is 25.7 Å². The number of hydrogen-bond acceptors (Lipinski definition) is 3. The third kappa shape index (κ3) is 3.13. The van der Waals surface area contributed by atoms with Crippen molar-refractivity contribution in [2.24, 2.45) is 11.7 Å². The number of rotatable bonds is 2. The van der Waals surface area contributed by atoms with Crippen LogP contribution in [0, 0.1) is 5.92 Å². The number of amides is 2. The fourth-order valence-corrected chi connectivity index (χ4v) is 2.74. The van der Waals surface area contributed by atoms with Gasteiger partial charge in [-0.15, -0.1) is 0 Å². The minimum absolute atomic E-state index is 0.0664. The Hall–Kier alpha value is -1.30. The van der Waals surface area contributed by atoms with E-state index in [1.54, 1.807) is 0 Å². The highest BCUT2D eigenvalue weighted by atomic mass is 16.4. The van der Waals surface area contributed by atoms with Gasteiger partial charge >= 0.3 is 12.0 Å². The first-order valence-corrected chi connectivity index (χ1v) is 6.57. The van der Waals surface area contributed by atoms with Crippen molar-refractivity contribution in [3.05, 3.63) is 0 Å². The maximum atomic E-state index is 12.2. The molecule has 2 aliphatic heterocycles. The minimum Gasteiger partial charge on any atom is -0.481 e. The Morgan fingerprint density at radius 3 is 2.22 bits per heavy atom. The van der Waals surface area contributed by atoms with Crippen LogP contribution in [0.15, 0.2) is 0 Å². The lowest BCUT2D eigenvalue weighted by atomic mass is 9.94. The Balaban J connectivity index is 1.79. The summed E-state index contributed by atoms with van der Waals surface area (Å²) >= 11 is 0. The van der Waals surface area contributed by atoms with Gasteiger partial charge in [0.2, 0.25) is 0 Å². The van der Waals surface area contributed by atoms with E-state index in [2.05, 4.69) is 0 Å². The van der Waals surface area contributed by atoms with Crippen LogP contribution in [-0.4, -0.2) is 59.1 Å². The van der Waals surface area contributed by atoms with Gasteiger partial charge in [-0.05, 0) is 25.2 Å². The summed E-state index contributed by atoms with van der Waals surface area (Å²) < 4.78 is 0. The van der Waals surface area contributed by atoms with Crippen LogP contribution in [0.3, 0.4) is 0 Å². The van der Waals surface area contributed by atoms with Gasteiger partial charge in [0.1, 0.15) is 0 Å². The molecule has 6 heteroatoms. The molecule has 0 saturated carbocycles. The number of nitrogens with zero attached hydrogens (tertiary/aromatic N) is 2. The highest BCUT2D eigenvalue weighted by Gasteiger charge is 2.30. The molecule has 2 aliphatic rings. The van der Waals surface area contributed by atoms with Crippen molar-refractivity contribution < 1.29 is 14.7 Å². The predicted molar refractivity (Wildman–Crippen MR) is 66.1 cm³/mol. The number of carbonyl (C=O) groups excluding carboxylic acids is 1. The summed E-state index contributed by atoms with van der Waals surface area (Å²) in [4.78, 5) is 26.4. The number of hydrogen-bond donors (Lipinski definition) is 2. The first kappa shape index (κ1) is 13.1. The van der Waals surface area contributed by atoms with Gasteiger partial charge in [0.25, 0.3) is 0 Å². The van der Waals surface area contributed by atoms with Crippen molar-refractivity contribution in [1.82, 2.24) is 9.80 Å². The van der Waals surface area contributed by atoms with E-state index in [4.69, 9.17) is 10.8 Å². The molecular formula is C12H21N3O3. The van der Waals surface area contributed by atoms with Gasteiger partial charge in [-0.1, -0.05) is 0 Å². The fourth-order valence-electron chi connectivity index (χ4n) is 2.74. The standard InChI is InChI=1S/C12H21N3O3/c13-10-3-6-15(8-10)12(18)14-4-1-9(2-5-14)7-11(16)17/h9-10H,1-8,13H2,(H,16,17). The molecule has 2 rings (SSSR count). The van der Waals surface area contributed by atoms with E-state index in [1.807, 2.05) is 9.80 Å². The van der Waals surface area contributed by atoms with Gasteiger partial charge in [-0.3, -0.25) is 4.79 Å². The van der Waals surface area contributed by atoms with Crippen LogP contribution in [0.2, 0.25) is 0 Å². The summed E-state index contributed by atoms with van der Waals surface area (Å²) in [5, 5.41) is 8.74. The number of carboxylic acid groups (broad SMARTS) is 1. The second-order valence-corrected chi connectivity index (χ2v) is 5.31. The minimum atomic E-state index is -0.745. The summed E-state index contributed by atoms with van der Waals surface area (Å²) in [6.07, 6.45) is 2.67. The van der Waals surface area contributed by atoms with E-state index < -0.39 is 5.97 Å². The van der Waals surface area contributed by atoms with Crippen molar-refractivity contribution >= 4 is 12.0 Å². The lowest BCUT2D eigenvalue weighted by Crippen LogP contribution is -2.46. The Morgan fingerprint density at radius 1 is 1.11 bits per heavy atom. The van der Waals surface area contributed by atoms with Gasteiger partial charge < -0.3 is 20.6 Å². The molecule has 2 saturated heterocycles. The van der Waals surface area contributed by atoms with E-state index in [0.717, 1.165) is 25.8 Å². The van der Waals surface area contributed by atoms with Crippen LogP contribution in [-0.2, 0) is 4.79 Å². The van der Waals surface area contributed by atoms with Crippen molar-refractivity contribution in [1.29, 1.82) is 0 Å². The molecule has 18 heavy (non-hydrogen) atoms. The van der Waals surface area contributed by atoms with Crippen molar-refractivity contribution in [3.8, 4) is 0 Å². The molecule has 1 unspecified atom stereocenters. The second kappa shape index (κ2) is 5.56. The topological polar surface area (TPSA) is 86.9 Å². The van der Waals surface area contributed by atoms with Crippen LogP contribution in [0.4, 0.5) is 4.79 Å². The molecule has 2 amide bonds. The summed E-state index contributed by atoms with van der Waals surface area (Å²) in [6, 6.07) is 0.176. The Kier molecular flexibility index (Phi) is 4.06. The number of carbonyl (C=O) groups is 2. The maximum Gasteiger partial charge on any atom is 0.320 e. The number of aliphatic carboxylic acids is 1. The third-order valence-corrected chi connectivity index (χ3v) is 3.84. The summed E-state index contributed by atoms with van der Waals surface area (Å²) in [5.74, 6) is -0.530. The number of nitrogens with two attached hydrogens (primary N) is 1. The molecule has 0 bridgehead atoms. The fraction of sp³-hybridized carbons (Fsp3) is 0.833. The van der Waals surface area contributed by atoms with Crippen LogP contribution < -0.4 is 5.73 Å². The first-order valence-electron chi connectivity index (χ1n) is 6.57. The summed E-state index contributed by atoms with van der Waals surface area (Å²) in [7, 11) is 0. The molecule has 0 aromatic carbocycles. The van der Waals surface area contributed by atoms with E-state index in [-0.39, 0.29) is 24.4 Å². The summed E-state index contributed by atoms with van der Waals surface area (Å²) in [6.45, 7) is 2.73. The van der Waals surface area contributed by atoms with E-state index >= 15 is 0 Å². The Labute approximate surface area is 107 Å². The number of piperidine rings is 1. The molecule has 0 aromatic heterocycles. The van der Waals surface area contributed by atoms with Gasteiger partial charge in [-0.2, -0.15) is 0 Å². The third-order valence-electron chi connectivity index (χ3n) is 3.84. The second-order valence-electron chi connectivity index (χ2n) is 5.31. The molecule has 6 nitrogen and oxygen atoms in total. The average Bonchev–Trinajstić information content (AvgIpc) is 2.75. The Morgan fingerprint density at radius 2 is 1.72 bits per heavy atom. The van der Waals surface area contributed by atoms with Gasteiger partial charge in [0.05, 0.1) is 0 Å².